The smallest absolute Gasteiger partial charge is 0.407 e. The lowest BCUT2D eigenvalue weighted by Gasteiger charge is -2.22. The van der Waals surface area contributed by atoms with Gasteiger partial charge in [-0.05, 0) is 25.3 Å². The molecule has 1 aromatic carbocycles. The maximum Gasteiger partial charge on any atom is 0.407 e. The molecule has 2 N–H and O–H groups in total. The van der Waals surface area contributed by atoms with E-state index in [9.17, 15) is 4.79 Å². The molecule has 2 aromatic rings. The van der Waals surface area contributed by atoms with Gasteiger partial charge in [-0.3, -0.25) is 0 Å². The minimum absolute atomic E-state index is 0.135. The van der Waals surface area contributed by atoms with Crippen molar-refractivity contribution in [1.82, 2.24) is 20.7 Å². The predicted molar refractivity (Wildman–Crippen MR) is 90.6 cm³/mol. The third-order valence-electron chi connectivity index (χ3n) is 4.42. The zero-order valence-electron chi connectivity index (χ0n) is 14.0. The Balaban J connectivity index is 1.52. The van der Waals surface area contributed by atoms with Gasteiger partial charge in [0.2, 0.25) is 0 Å². The van der Waals surface area contributed by atoms with Gasteiger partial charge in [-0.2, -0.15) is 15.4 Å². The lowest BCUT2D eigenvalue weighted by molar-refractivity contribution is 0.131. The molecule has 1 saturated carbocycles. The number of ether oxygens (including phenoxy) is 1. The first-order valence-electron chi connectivity index (χ1n) is 8.58. The SMILES string of the molecule is Cc1cccc(Cc2n[nH]nc2COC(=O)NC2CCCCC2)c1. The van der Waals surface area contributed by atoms with Crippen LogP contribution in [-0.2, 0) is 17.8 Å². The van der Waals surface area contributed by atoms with E-state index in [1.54, 1.807) is 0 Å². The number of aromatic amines is 1. The standard InChI is InChI=1S/C18H24N4O2/c1-13-6-5-7-14(10-13)11-16-17(21-22-20-16)12-24-18(23)19-15-8-3-2-4-9-15/h5-7,10,15H,2-4,8-9,11-12H2,1H3,(H,19,23)(H,20,21,22). The summed E-state index contributed by atoms with van der Waals surface area (Å²) in [6, 6.07) is 8.51. The number of aryl methyl sites for hydroxylation is 1. The van der Waals surface area contributed by atoms with Crippen molar-refractivity contribution < 1.29 is 9.53 Å². The van der Waals surface area contributed by atoms with Crippen molar-refractivity contribution in [2.75, 3.05) is 0 Å². The number of hydrogen-bond acceptors (Lipinski definition) is 4. The molecule has 0 spiro atoms. The molecule has 1 amide bonds. The number of amides is 1. The fraction of sp³-hybridized carbons (Fsp3) is 0.500. The molecule has 0 radical (unpaired) electrons. The average Bonchev–Trinajstić information content (AvgIpc) is 3.01. The van der Waals surface area contributed by atoms with Crippen LogP contribution in [0.3, 0.4) is 0 Å². The van der Waals surface area contributed by atoms with Crippen molar-refractivity contribution in [2.24, 2.45) is 0 Å². The third kappa shape index (κ3) is 4.57. The summed E-state index contributed by atoms with van der Waals surface area (Å²) in [5, 5.41) is 13.9. The highest BCUT2D eigenvalue weighted by Gasteiger charge is 2.17. The van der Waals surface area contributed by atoms with Crippen molar-refractivity contribution in [2.45, 2.75) is 58.1 Å². The quantitative estimate of drug-likeness (QED) is 0.883. The number of rotatable bonds is 5. The molecule has 24 heavy (non-hydrogen) atoms. The predicted octanol–water partition coefficient (Wildman–Crippen LogP) is 3.26. The summed E-state index contributed by atoms with van der Waals surface area (Å²) in [5.41, 5.74) is 3.86. The monoisotopic (exact) mass is 328 g/mol. The second-order valence-corrected chi connectivity index (χ2v) is 6.44. The number of alkyl carbamates (subject to hydrolysis) is 1. The third-order valence-corrected chi connectivity index (χ3v) is 4.42. The van der Waals surface area contributed by atoms with Gasteiger partial charge in [0, 0.05) is 12.5 Å². The second kappa shape index (κ2) is 7.95. The molecule has 0 unspecified atom stereocenters. The molecular formula is C18H24N4O2. The van der Waals surface area contributed by atoms with E-state index in [-0.39, 0.29) is 18.7 Å². The van der Waals surface area contributed by atoms with E-state index in [1.807, 2.05) is 6.07 Å². The molecule has 0 atom stereocenters. The number of nitrogens with one attached hydrogen (secondary N) is 2. The fourth-order valence-corrected chi connectivity index (χ4v) is 3.14. The number of aromatic nitrogens is 3. The summed E-state index contributed by atoms with van der Waals surface area (Å²) in [5.74, 6) is 0. The number of hydrogen-bond donors (Lipinski definition) is 2. The Bertz CT molecular complexity index is 677. The van der Waals surface area contributed by atoms with E-state index < -0.39 is 0 Å². The minimum Gasteiger partial charge on any atom is -0.443 e. The molecule has 128 valence electrons. The number of carbonyl (C=O) groups excluding carboxylic acids is 1. The van der Waals surface area contributed by atoms with Crippen molar-refractivity contribution in [3.05, 3.63) is 46.8 Å². The Morgan fingerprint density at radius 1 is 1.25 bits per heavy atom. The van der Waals surface area contributed by atoms with Crippen molar-refractivity contribution >= 4 is 6.09 Å². The summed E-state index contributed by atoms with van der Waals surface area (Å²) in [7, 11) is 0. The van der Waals surface area contributed by atoms with Gasteiger partial charge < -0.3 is 10.1 Å². The van der Waals surface area contributed by atoms with Crippen LogP contribution in [0.25, 0.3) is 0 Å². The van der Waals surface area contributed by atoms with E-state index in [0.717, 1.165) is 24.1 Å². The summed E-state index contributed by atoms with van der Waals surface area (Å²) in [6.45, 7) is 2.20. The highest BCUT2D eigenvalue weighted by atomic mass is 16.5. The average molecular weight is 328 g/mol. The van der Waals surface area contributed by atoms with Crippen LogP contribution in [0, 0.1) is 6.92 Å². The molecule has 3 rings (SSSR count). The van der Waals surface area contributed by atoms with Gasteiger partial charge >= 0.3 is 6.09 Å². The molecule has 0 saturated heterocycles. The molecule has 1 aliphatic rings. The van der Waals surface area contributed by atoms with Gasteiger partial charge in [0.15, 0.2) is 0 Å². The van der Waals surface area contributed by atoms with Crippen LogP contribution in [0.4, 0.5) is 4.79 Å². The lowest BCUT2D eigenvalue weighted by Crippen LogP contribution is -2.36. The fourth-order valence-electron chi connectivity index (χ4n) is 3.14. The molecular weight excluding hydrogens is 304 g/mol. The van der Waals surface area contributed by atoms with E-state index in [2.05, 4.69) is 45.9 Å². The largest absolute Gasteiger partial charge is 0.443 e. The topological polar surface area (TPSA) is 79.9 Å². The van der Waals surface area contributed by atoms with Crippen molar-refractivity contribution in [3.8, 4) is 0 Å². The molecule has 1 aliphatic carbocycles. The number of benzene rings is 1. The van der Waals surface area contributed by atoms with Gasteiger partial charge in [-0.25, -0.2) is 4.79 Å². The highest BCUT2D eigenvalue weighted by Crippen LogP contribution is 2.17. The van der Waals surface area contributed by atoms with Crippen LogP contribution < -0.4 is 5.32 Å². The Morgan fingerprint density at radius 2 is 2.04 bits per heavy atom. The summed E-state index contributed by atoms with van der Waals surface area (Å²) in [6.07, 6.45) is 5.99. The van der Waals surface area contributed by atoms with Crippen LogP contribution >= 0.6 is 0 Å². The second-order valence-electron chi connectivity index (χ2n) is 6.44. The molecule has 0 aliphatic heterocycles. The minimum atomic E-state index is -0.369. The normalized spacial score (nSPS) is 15.2. The van der Waals surface area contributed by atoms with Crippen LogP contribution in [-0.4, -0.2) is 27.5 Å². The van der Waals surface area contributed by atoms with E-state index in [4.69, 9.17) is 4.74 Å². The molecule has 6 nitrogen and oxygen atoms in total. The van der Waals surface area contributed by atoms with Gasteiger partial charge in [-0.1, -0.05) is 49.1 Å². The van der Waals surface area contributed by atoms with Crippen LogP contribution in [0.15, 0.2) is 24.3 Å². The Kier molecular flexibility index (Phi) is 5.46. The molecule has 1 aromatic heterocycles. The van der Waals surface area contributed by atoms with Crippen LogP contribution in [0.1, 0.15) is 54.6 Å². The number of H-pyrrole nitrogens is 1. The number of nitrogens with zero attached hydrogens (tertiary/aromatic N) is 2. The van der Waals surface area contributed by atoms with E-state index in [0.29, 0.717) is 12.1 Å². The van der Waals surface area contributed by atoms with Crippen LogP contribution in [0.2, 0.25) is 0 Å². The summed E-state index contributed by atoms with van der Waals surface area (Å²) < 4.78 is 5.32. The summed E-state index contributed by atoms with van der Waals surface area (Å²) in [4.78, 5) is 11.9. The molecule has 1 fully saturated rings. The van der Waals surface area contributed by atoms with E-state index >= 15 is 0 Å². The first kappa shape index (κ1) is 16.5. The van der Waals surface area contributed by atoms with Gasteiger partial charge in [-0.15, -0.1) is 0 Å². The molecule has 1 heterocycles. The van der Waals surface area contributed by atoms with E-state index in [1.165, 1.54) is 24.8 Å². The van der Waals surface area contributed by atoms with Gasteiger partial charge in [0.25, 0.3) is 0 Å². The van der Waals surface area contributed by atoms with Gasteiger partial charge in [0.1, 0.15) is 12.3 Å². The Labute approximate surface area is 142 Å². The Morgan fingerprint density at radius 3 is 2.83 bits per heavy atom. The first-order chi connectivity index (χ1) is 11.7. The van der Waals surface area contributed by atoms with Gasteiger partial charge in [0.05, 0.1) is 5.69 Å². The van der Waals surface area contributed by atoms with Crippen LogP contribution in [0.5, 0.6) is 0 Å². The molecule has 0 bridgehead atoms. The van der Waals surface area contributed by atoms with Crippen molar-refractivity contribution in [3.63, 3.8) is 0 Å². The zero-order chi connectivity index (χ0) is 16.8. The zero-order valence-corrected chi connectivity index (χ0v) is 14.0. The summed E-state index contributed by atoms with van der Waals surface area (Å²) >= 11 is 0. The maximum absolute atomic E-state index is 11.9. The number of carbonyl (C=O) groups is 1. The first-order valence-corrected chi connectivity index (χ1v) is 8.58. The Hall–Kier alpha value is -2.37. The molecule has 6 heteroatoms. The maximum atomic E-state index is 11.9. The highest BCUT2D eigenvalue weighted by molar-refractivity contribution is 5.67. The lowest BCUT2D eigenvalue weighted by atomic mass is 9.96. The van der Waals surface area contributed by atoms with Crippen molar-refractivity contribution in [1.29, 1.82) is 0 Å².